The van der Waals surface area contributed by atoms with Crippen LogP contribution < -0.4 is 10.7 Å². The van der Waals surface area contributed by atoms with E-state index in [-0.39, 0.29) is 47.6 Å². The Balaban J connectivity index is 0.978. The number of alkyl carbamates (subject to hydrolysis) is 1. The van der Waals surface area contributed by atoms with Crippen LogP contribution in [0.2, 0.25) is 5.02 Å². The maximum absolute atomic E-state index is 14.0. The Morgan fingerprint density at radius 1 is 0.825 bits per heavy atom. The minimum absolute atomic E-state index is 0.0502. The van der Waals surface area contributed by atoms with E-state index in [2.05, 4.69) is 41.1 Å². The monoisotopic (exact) mass is 796 g/mol. The van der Waals surface area contributed by atoms with Gasteiger partial charge in [0.2, 0.25) is 11.8 Å². The number of nitrogens with one attached hydrogen (secondary N) is 2. The first-order chi connectivity index (χ1) is 27.4. The number of carbonyl (C=O) groups excluding carboxylic acids is 4. The highest BCUT2D eigenvalue weighted by Gasteiger charge is 2.54. The molecule has 57 heavy (non-hydrogen) atoms. The van der Waals surface area contributed by atoms with Crippen LogP contribution in [0.3, 0.4) is 0 Å². The molecule has 302 valence electrons. The number of halogens is 1. The zero-order valence-corrected chi connectivity index (χ0v) is 34.3. The number of hydrazine groups is 1. The van der Waals surface area contributed by atoms with E-state index in [0.29, 0.717) is 30.3 Å². The van der Waals surface area contributed by atoms with E-state index < -0.39 is 18.2 Å². The highest BCUT2D eigenvalue weighted by atomic mass is 35.5. The molecular weight excluding hydrogens is 744 g/mol. The normalized spacial score (nSPS) is 24.2. The fourth-order valence-electron chi connectivity index (χ4n) is 9.60. The number of hydrogen-bond acceptors (Lipinski definition) is 8. The van der Waals surface area contributed by atoms with Crippen LogP contribution in [-0.4, -0.2) is 84.2 Å². The lowest BCUT2D eigenvalue weighted by Crippen LogP contribution is -2.54. The second-order valence-corrected chi connectivity index (χ2v) is 16.9. The molecule has 2 saturated carbocycles. The lowest BCUT2D eigenvalue weighted by molar-refractivity contribution is -0.143. The van der Waals surface area contributed by atoms with Gasteiger partial charge in [-0.05, 0) is 103 Å². The molecule has 5 aliphatic rings. The number of likely N-dealkylation sites (tertiary alicyclic amines) is 1. The molecule has 1 saturated heterocycles. The van der Waals surface area contributed by atoms with Gasteiger partial charge in [0, 0.05) is 60.2 Å². The number of methoxy groups -OCH3 is 2. The molecule has 0 spiro atoms. The molecule has 12 nitrogen and oxygen atoms in total. The smallest absolute Gasteiger partial charge is 0.425 e. The summed E-state index contributed by atoms with van der Waals surface area (Å²) in [6, 6.07) is 13.5. The minimum Gasteiger partial charge on any atom is -0.453 e. The zero-order valence-electron chi connectivity index (χ0n) is 33.6. The maximum Gasteiger partial charge on any atom is 0.425 e. The quantitative estimate of drug-likeness (QED) is 0.234. The summed E-state index contributed by atoms with van der Waals surface area (Å²) in [7, 11) is 2.59. The first kappa shape index (κ1) is 40.2. The van der Waals surface area contributed by atoms with Gasteiger partial charge in [-0.2, -0.15) is 0 Å². The van der Waals surface area contributed by atoms with E-state index in [0.717, 1.165) is 76.9 Å². The second kappa shape index (κ2) is 16.9. The van der Waals surface area contributed by atoms with Crippen molar-refractivity contribution in [2.75, 3.05) is 20.8 Å². The maximum atomic E-state index is 14.0. The summed E-state index contributed by atoms with van der Waals surface area (Å²) < 4.78 is 9.57. The van der Waals surface area contributed by atoms with Gasteiger partial charge in [0.25, 0.3) is 0 Å². The fraction of sp³-hybridized carbons (Fsp3) is 0.500. The number of benzene rings is 2. The molecule has 3 aliphatic heterocycles. The van der Waals surface area contributed by atoms with Crippen LogP contribution in [0.4, 0.5) is 9.59 Å². The predicted molar refractivity (Wildman–Crippen MR) is 221 cm³/mol. The first-order valence-corrected chi connectivity index (χ1v) is 20.5. The number of ether oxygens (including phenoxy) is 2. The topological polar surface area (TPSA) is 142 Å². The van der Waals surface area contributed by atoms with Crippen molar-refractivity contribution >= 4 is 58.2 Å². The Kier molecular flexibility index (Phi) is 11.9. The Bertz CT molecular complexity index is 2040. The van der Waals surface area contributed by atoms with Crippen LogP contribution in [0.15, 0.2) is 64.8 Å². The number of rotatable bonds is 10. The summed E-state index contributed by atoms with van der Waals surface area (Å²) in [5, 5.41) is 4.78. The van der Waals surface area contributed by atoms with Crippen LogP contribution in [-0.2, 0) is 19.1 Å². The number of aliphatic imine (C=N–C) groups is 2. The minimum atomic E-state index is -0.679. The van der Waals surface area contributed by atoms with Crippen molar-refractivity contribution < 1.29 is 28.7 Å². The number of hydrogen-bond donors (Lipinski definition) is 2. The molecule has 13 heteroatoms. The highest BCUT2D eigenvalue weighted by Crippen LogP contribution is 2.54. The van der Waals surface area contributed by atoms with E-state index in [1.807, 2.05) is 57.1 Å². The largest absolute Gasteiger partial charge is 0.453 e. The number of nitrogens with zero attached hydrogens (tertiary/aromatic N) is 4. The Morgan fingerprint density at radius 3 is 2.16 bits per heavy atom. The van der Waals surface area contributed by atoms with Gasteiger partial charge in [-0.1, -0.05) is 61.8 Å². The van der Waals surface area contributed by atoms with Crippen molar-refractivity contribution in [1.82, 2.24) is 20.7 Å². The third-order valence-electron chi connectivity index (χ3n) is 12.5. The summed E-state index contributed by atoms with van der Waals surface area (Å²) in [6.07, 6.45) is 8.64. The van der Waals surface area contributed by atoms with Crippen LogP contribution in [0.5, 0.6) is 0 Å². The van der Waals surface area contributed by atoms with E-state index >= 15 is 0 Å². The van der Waals surface area contributed by atoms with Gasteiger partial charge < -0.3 is 19.7 Å². The first-order valence-electron chi connectivity index (χ1n) is 20.1. The van der Waals surface area contributed by atoms with Crippen molar-refractivity contribution in [2.45, 2.75) is 90.8 Å². The van der Waals surface area contributed by atoms with Crippen LogP contribution >= 0.6 is 11.6 Å². The van der Waals surface area contributed by atoms with Crippen molar-refractivity contribution in [2.24, 2.45) is 39.6 Å². The Labute approximate surface area is 339 Å². The van der Waals surface area contributed by atoms with E-state index in [1.54, 1.807) is 0 Å². The van der Waals surface area contributed by atoms with Crippen LogP contribution in [0, 0.1) is 29.6 Å². The van der Waals surface area contributed by atoms with E-state index in [1.165, 1.54) is 19.2 Å². The number of amides is 4. The standard InChI is InChI=1S/C44H53ClN6O6/c1-24(2)40(48-43(54)56-5)42(53)50-17-7-8-37(50)35-21-32(23-46-35)33-16-15-28(19-34(33)45)26-9-11-27(12-10-26)31-20-36(47-22-31)38-29-13-14-30(18-29)39(38)41(52)51(25(3)4)49-44(55)57-6/h9-12,15-16,19,22-25,29-30,37-40H,7-8,13-14,17-18,20-21H2,1-6H3,(H,48,54)(H,49,55)/t29?,30?,37-,38?,39-,40-/m0/s1. The molecule has 2 bridgehead atoms. The summed E-state index contributed by atoms with van der Waals surface area (Å²) in [5.74, 6) is 0.247. The highest BCUT2D eigenvalue weighted by molar-refractivity contribution is 6.33. The third kappa shape index (κ3) is 8.10. The van der Waals surface area contributed by atoms with Crippen molar-refractivity contribution in [3.8, 4) is 11.1 Å². The van der Waals surface area contributed by atoms with Crippen molar-refractivity contribution in [1.29, 1.82) is 0 Å². The molecule has 0 radical (unpaired) electrons. The summed E-state index contributed by atoms with van der Waals surface area (Å²) in [4.78, 5) is 63.2. The Hall–Kier alpha value is -4.97. The average Bonchev–Trinajstić information content (AvgIpc) is 4.06. The van der Waals surface area contributed by atoms with E-state index in [4.69, 9.17) is 31.1 Å². The summed E-state index contributed by atoms with van der Waals surface area (Å²) >= 11 is 6.94. The molecule has 2 aromatic rings. The fourth-order valence-corrected chi connectivity index (χ4v) is 9.90. The average molecular weight is 797 g/mol. The summed E-state index contributed by atoms with van der Waals surface area (Å²) in [5.41, 5.74) is 10.8. The molecule has 0 aromatic heterocycles. The summed E-state index contributed by atoms with van der Waals surface area (Å²) in [6.45, 7) is 8.21. The molecule has 4 amide bonds. The van der Waals surface area contributed by atoms with Gasteiger partial charge in [0.15, 0.2) is 0 Å². The number of allylic oxidation sites excluding steroid dienone is 2. The molecule has 3 unspecified atom stereocenters. The molecule has 6 atom stereocenters. The molecule has 2 aliphatic carbocycles. The van der Waals surface area contributed by atoms with Crippen molar-refractivity contribution in [3.05, 3.63) is 71.0 Å². The molecule has 2 N–H and O–H groups in total. The van der Waals surface area contributed by atoms with Gasteiger partial charge >= 0.3 is 12.2 Å². The van der Waals surface area contributed by atoms with Crippen LogP contribution in [0.25, 0.3) is 22.3 Å². The molecule has 3 fully saturated rings. The molecule has 7 rings (SSSR count). The second-order valence-electron chi connectivity index (χ2n) is 16.5. The van der Waals surface area contributed by atoms with Gasteiger partial charge in [-0.3, -0.25) is 19.6 Å². The van der Waals surface area contributed by atoms with Gasteiger partial charge in [0.1, 0.15) is 6.04 Å². The van der Waals surface area contributed by atoms with Gasteiger partial charge in [-0.25, -0.2) is 20.0 Å². The lowest BCUT2D eigenvalue weighted by Gasteiger charge is -2.36. The number of carbonyl (C=O) groups is 4. The Morgan fingerprint density at radius 2 is 1.47 bits per heavy atom. The molecule has 3 heterocycles. The lowest BCUT2D eigenvalue weighted by atomic mass is 9.74. The van der Waals surface area contributed by atoms with Crippen LogP contribution in [0.1, 0.15) is 83.8 Å². The number of fused-ring (bicyclic) bond motifs is 2. The third-order valence-corrected chi connectivity index (χ3v) is 12.8. The SMILES string of the molecule is COC(=O)N[C@H](C(=O)N1CCC[C@H]1C1=NC=C(c2ccc(-c3ccc(C4=CN=C(C5C6CCC(C6)[C@@H]5C(=O)N(NC(=O)OC)C(C)C)C4)cc3)cc2Cl)C1)C(C)C. The van der Waals surface area contributed by atoms with Gasteiger partial charge in [0.05, 0.1) is 26.2 Å². The molecule has 2 aromatic carbocycles. The molecular formula is C44H53ClN6O6. The predicted octanol–water partition coefficient (Wildman–Crippen LogP) is 7.92. The zero-order chi connectivity index (χ0) is 40.5. The van der Waals surface area contributed by atoms with E-state index in [9.17, 15) is 19.2 Å². The van der Waals surface area contributed by atoms with Crippen molar-refractivity contribution in [3.63, 3.8) is 0 Å². The van der Waals surface area contributed by atoms with Gasteiger partial charge in [-0.15, -0.1) is 0 Å².